The highest BCUT2D eigenvalue weighted by molar-refractivity contribution is 5.83. The van der Waals surface area contributed by atoms with E-state index < -0.39 is 17.2 Å². The minimum Gasteiger partial charge on any atom is -0.492 e. The largest absolute Gasteiger partial charge is 0.492 e. The average Bonchev–Trinajstić information content (AvgIpc) is 2.59. The van der Waals surface area contributed by atoms with E-state index in [1.807, 2.05) is 0 Å². The summed E-state index contributed by atoms with van der Waals surface area (Å²) in [5.41, 5.74) is -1.26. The molecule has 2 N–H and O–H groups in total. The number of hydrogen-bond acceptors (Lipinski definition) is 4. The first-order valence-electron chi connectivity index (χ1n) is 8.15. The Bertz CT molecular complexity index is 550. The van der Waals surface area contributed by atoms with Crippen molar-refractivity contribution in [2.45, 2.75) is 19.0 Å². The Balaban J connectivity index is 1.79. The topological polar surface area (TPSA) is 59.6 Å². The fraction of sp³-hybridized carbons (Fsp3) is 0.588. The predicted molar refractivity (Wildman–Crippen MR) is 86.4 cm³/mol. The first-order valence-corrected chi connectivity index (χ1v) is 8.15. The molecule has 0 aromatic heterocycles. The van der Waals surface area contributed by atoms with Crippen LogP contribution in [0.4, 0.5) is 13.2 Å². The molecule has 1 saturated heterocycles. The van der Waals surface area contributed by atoms with Crippen molar-refractivity contribution < 1.29 is 27.4 Å². The molecule has 1 aliphatic heterocycles. The zero-order valence-corrected chi connectivity index (χ0v) is 14.1. The summed E-state index contributed by atoms with van der Waals surface area (Å²) < 4.78 is 48.1. The molecule has 5 nitrogen and oxygen atoms in total. The van der Waals surface area contributed by atoms with Crippen LogP contribution in [0, 0.1) is 5.41 Å². The minimum absolute atomic E-state index is 0.0770. The van der Waals surface area contributed by atoms with E-state index in [0.29, 0.717) is 25.2 Å². The summed E-state index contributed by atoms with van der Waals surface area (Å²) in [5, 5.41) is 6.05. The Hall–Kier alpha value is -1.80. The molecule has 1 amide bonds. The van der Waals surface area contributed by atoms with E-state index in [1.165, 1.54) is 12.1 Å². The first kappa shape index (κ1) is 19.5. The van der Waals surface area contributed by atoms with Gasteiger partial charge in [0.2, 0.25) is 5.91 Å². The predicted octanol–water partition coefficient (Wildman–Crippen LogP) is 2.22. The van der Waals surface area contributed by atoms with Crippen molar-refractivity contribution in [3.05, 3.63) is 29.8 Å². The van der Waals surface area contributed by atoms with Gasteiger partial charge in [-0.3, -0.25) is 4.79 Å². The van der Waals surface area contributed by atoms with Crippen LogP contribution in [0.3, 0.4) is 0 Å². The molecule has 0 bridgehead atoms. The summed E-state index contributed by atoms with van der Waals surface area (Å²) in [6.45, 7) is 2.34. The number of ether oxygens (including phenoxy) is 2. The molecule has 8 heteroatoms. The quantitative estimate of drug-likeness (QED) is 0.732. The van der Waals surface area contributed by atoms with Gasteiger partial charge in [-0.1, -0.05) is 0 Å². The molecule has 0 atom stereocenters. The van der Waals surface area contributed by atoms with Gasteiger partial charge in [-0.15, -0.1) is 0 Å². The second-order valence-electron chi connectivity index (χ2n) is 6.09. The molecule has 2 rings (SSSR count). The maximum atomic E-state index is 12.5. The number of benzene rings is 1. The number of hydrogen-bond donors (Lipinski definition) is 2. The van der Waals surface area contributed by atoms with Gasteiger partial charge in [-0.2, -0.15) is 13.2 Å². The van der Waals surface area contributed by atoms with Crippen LogP contribution in [0.15, 0.2) is 24.3 Å². The number of nitrogens with one attached hydrogen (secondary N) is 2. The molecule has 1 aromatic carbocycles. The standard InChI is InChI=1S/C17H23F3N2O3/c1-24-12-16(6-8-21-9-7-16)15(23)22-10-11-25-14-4-2-13(3-5-14)17(18,19)20/h2-5,21H,6-12H2,1H3,(H,22,23). The van der Waals surface area contributed by atoms with Crippen LogP contribution in [0.25, 0.3) is 0 Å². The molecule has 25 heavy (non-hydrogen) atoms. The molecular weight excluding hydrogens is 337 g/mol. The van der Waals surface area contributed by atoms with Crippen LogP contribution in [0.2, 0.25) is 0 Å². The molecule has 0 spiro atoms. The minimum atomic E-state index is -4.36. The number of halogens is 3. The van der Waals surface area contributed by atoms with Crippen LogP contribution in [-0.4, -0.2) is 45.9 Å². The summed E-state index contributed by atoms with van der Waals surface area (Å²) in [4.78, 5) is 12.5. The van der Waals surface area contributed by atoms with Crippen molar-refractivity contribution >= 4 is 5.91 Å². The van der Waals surface area contributed by atoms with E-state index in [-0.39, 0.29) is 19.1 Å². The summed E-state index contributed by atoms with van der Waals surface area (Å²) in [5.74, 6) is 0.252. The summed E-state index contributed by atoms with van der Waals surface area (Å²) >= 11 is 0. The number of carbonyl (C=O) groups is 1. The molecule has 1 aliphatic rings. The summed E-state index contributed by atoms with van der Waals surface area (Å²) in [7, 11) is 1.57. The molecule has 0 aliphatic carbocycles. The molecule has 1 aromatic rings. The van der Waals surface area contributed by atoms with Crippen LogP contribution in [-0.2, 0) is 15.7 Å². The normalized spacial score (nSPS) is 17.1. The maximum Gasteiger partial charge on any atom is 0.416 e. The fourth-order valence-electron chi connectivity index (χ4n) is 2.88. The number of amides is 1. The number of carbonyl (C=O) groups excluding carboxylic acids is 1. The Morgan fingerprint density at radius 2 is 1.88 bits per heavy atom. The van der Waals surface area contributed by atoms with Gasteiger partial charge in [0.1, 0.15) is 12.4 Å². The Morgan fingerprint density at radius 3 is 2.44 bits per heavy atom. The third-order valence-corrected chi connectivity index (χ3v) is 4.30. The van der Waals surface area contributed by atoms with Gasteiger partial charge in [0.05, 0.1) is 24.1 Å². The molecule has 1 heterocycles. The zero-order valence-electron chi connectivity index (χ0n) is 14.1. The third kappa shape index (κ3) is 5.34. The fourth-order valence-corrected chi connectivity index (χ4v) is 2.88. The van der Waals surface area contributed by atoms with Gasteiger partial charge in [-0.05, 0) is 50.2 Å². The van der Waals surface area contributed by atoms with Crippen molar-refractivity contribution in [1.29, 1.82) is 0 Å². The lowest BCUT2D eigenvalue weighted by Gasteiger charge is -2.35. The van der Waals surface area contributed by atoms with Crippen LogP contribution in [0.1, 0.15) is 18.4 Å². The smallest absolute Gasteiger partial charge is 0.416 e. The summed E-state index contributed by atoms with van der Waals surface area (Å²) in [6.07, 6.45) is -2.96. The second-order valence-corrected chi connectivity index (χ2v) is 6.09. The molecule has 0 saturated carbocycles. The first-order chi connectivity index (χ1) is 11.9. The van der Waals surface area contributed by atoms with Crippen LogP contribution < -0.4 is 15.4 Å². The lowest BCUT2D eigenvalue weighted by Crippen LogP contribution is -2.50. The number of rotatable bonds is 7. The highest BCUT2D eigenvalue weighted by Crippen LogP contribution is 2.30. The van der Waals surface area contributed by atoms with E-state index >= 15 is 0 Å². The summed E-state index contributed by atoms with van der Waals surface area (Å²) in [6, 6.07) is 4.47. The number of alkyl halides is 3. The van der Waals surface area contributed by atoms with Crippen LogP contribution >= 0.6 is 0 Å². The molecule has 1 fully saturated rings. The van der Waals surface area contributed by atoms with E-state index in [2.05, 4.69) is 10.6 Å². The lowest BCUT2D eigenvalue weighted by molar-refractivity contribution is -0.138. The van der Waals surface area contributed by atoms with Crippen molar-refractivity contribution in [2.75, 3.05) is 40.0 Å². The Kier molecular flexibility index (Phi) is 6.66. The monoisotopic (exact) mass is 360 g/mol. The maximum absolute atomic E-state index is 12.5. The van der Waals surface area contributed by atoms with Crippen molar-refractivity contribution in [1.82, 2.24) is 10.6 Å². The molecule has 0 unspecified atom stereocenters. The van der Waals surface area contributed by atoms with E-state index in [1.54, 1.807) is 7.11 Å². The SMILES string of the molecule is COCC1(C(=O)NCCOc2ccc(C(F)(F)F)cc2)CCNCC1. The van der Waals surface area contributed by atoms with Crippen molar-refractivity contribution in [2.24, 2.45) is 5.41 Å². The van der Waals surface area contributed by atoms with E-state index in [0.717, 1.165) is 25.2 Å². The van der Waals surface area contributed by atoms with Gasteiger partial charge in [-0.25, -0.2) is 0 Å². The second kappa shape index (κ2) is 8.53. The molecular formula is C17H23F3N2O3. The van der Waals surface area contributed by atoms with Gasteiger partial charge in [0.15, 0.2) is 0 Å². The van der Waals surface area contributed by atoms with Crippen molar-refractivity contribution in [3.8, 4) is 5.75 Å². The van der Waals surface area contributed by atoms with Gasteiger partial charge in [0, 0.05) is 7.11 Å². The third-order valence-electron chi connectivity index (χ3n) is 4.30. The Labute approximate surface area is 144 Å². The Morgan fingerprint density at radius 1 is 1.24 bits per heavy atom. The van der Waals surface area contributed by atoms with E-state index in [9.17, 15) is 18.0 Å². The molecule has 140 valence electrons. The number of piperidine rings is 1. The lowest BCUT2D eigenvalue weighted by atomic mass is 9.78. The van der Waals surface area contributed by atoms with Gasteiger partial charge in [0.25, 0.3) is 0 Å². The van der Waals surface area contributed by atoms with Gasteiger partial charge >= 0.3 is 6.18 Å². The molecule has 0 radical (unpaired) electrons. The highest BCUT2D eigenvalue weighted by atomic mass is 19.4. The average molecular weight is 360 g/mol. The zero-order chi connectivity index (χ0) is 18.3. The van der Waals surface area contributed by atoms with Crippen molar-refractivity contribution in [3.63, 3.8) is 0 Å². The highest BCUT2D eigenvalue weighted by Gasteiger charge is 2.39. The number of methoxy groups -OCH3 is 1. The van der Waals surface area contributed by atoms with Gasteiger partial charge < -0.3 is 20.1 Å². The van der Waals surface area contributed by atoms with E-state index in [4.69, 9.17) is 9.47 Å². The van der Waals surface area contributed by atoms with Crippen LogP contribution in [0.5, 0.6) is 5.75 Å².